The minimum atomic E-state index is -1.57. The summed E-state index contributed by atoms with van der Waals surface area (Å²) in [5.41, 5.74) is -0.443. The molecule has 0 radical (unpaired) electrons. The summed E-state index contributed by atoms with van der Waals surface area (Å²) in [6.45, 7) is 3.10. The van der Waals surface area contributed by atoms with Crippen LogP contribution in [0.5, 0.6) is 0 Å². The number of hydrogen-bond donors (Lipinski definition) is 1. The van der Waals surface area contributed by atoms with Crippen molar-refractivity contribution in [3.05, 3.63) is 144 Å². The number of rotatable bonds is 5. The predicted molar refractivity (Wildman–Crippen MR) is 163 cm³/mol. The minimum absolute atomic E-state index is 0.0377. The fraction of sp³-hybridized carbons (Fsp3) is 0.297. The minimum Gasteiger partial charge on any atom is -0.446 e. The van der Waals surface area contributed by atoms with Crippen LogP contribution in [0.4, 0.5) is 0 Å². The molecule has 0 unspecified atom stereocenters. The molecule has 0 aromatic heterocycles. The molecule has 2 aliphatic rings. The largest absolute Gasteiger partial charge is 0.446 e. The molecule has 3 atom stereocenters. The number of benzene rings is 4. The number of carbonyl (C=O) groups is 2. The molecule has 0 spiro atoms. The lowest BCUT2D eigenvalue weighted by atomic mass is 9.71. The lowest BCUT2D eigenvalue weighted by Crippen LogP contribution is -2.57. The Hall–Kier alpha value is -4.30. The number of aliphatic hydroxyl groups is 1. The van der Waals surface area contributed by atoms with Crippen LogP contribution in [0.25, 0.3) is 0 Å². The van der Waals surface area contributed by atoms with E-state index in [-0.39, 0.29) is 12.8 Å². The highest BCUT2D eigenvalue weighted by Crippen LogP contribution is 2.53. The summed E-state index contributed by atoms with van der Waals surface area (Å²) >= 11 is 0. The van der Waals surface area contributed by atoms with E-state index in [1.807, 2.05) is 121 Å². The van der Waals surface area contributed by atoms with Crippen LogP contribution in [-0.4, -0.2) is 41.6 Å². The van der Waals surface area contributed by atoms with Gasteiger partial charge in [-0.2, -0.15) is 0 Å². The average molecular weight is 593 g/mol. The topological polar surface area (TPSA) is 91.3 Å². The van der Waals surface area contributed by atoms with Crippen LogP contribution in [0.15, 0.2) is 121 Å². The molecule has 0 amide bonds. The zero-order chi connectivity index (χ0) is 30.8. The Morgan fingerprint density at radius 2 is 0.977 bits per heavy atom. The van der Waals surface area contributed by atoms with Crippen LogP contribution in [0.1, 0.15) is 48.9 Å². The molecule has 0 bridgehead atoms. The molecule has 2 heterocycles. The van der Waals surface area contributed by atoms with Crippen LogP contribution in [0.3, 0.4) is 0 Å². The number of cyclic esters (lactones) is 2. The van der Waals surface area contributed by atoms with Gasteiger partial charge in [-0.25, -0.2) is 0 Å². The van der Waals surface area contributed by atoms with E-state index in [0.717, 1.165) is 0 Å². The highest BCUT2D eigenvalue weighted by molar-refractivity contribution is 5.76. The molecule has 2 fully saturated rings. The van der Waals surface area contributed by atoms with Crippen molar-refractivity contribution in [1.29, 1.82) is 0 Å². The first-order valence-corrected chi connectivity index (χ1v) is 14.9. The Balaban J connectivity index is 1.73. The van der Waals surface area contributed by atoms with Gasteiger partial charge in [0, 0.05) is 28.7 Å². The maximum Gasteiger partial charge on any atom is 0.312 e. The summed E-state index contributed by atoms with van der Waals surface area (Å²) in [7, 11) is 0. The summed E-state index contributed by atoms with van der Waals surface area (Å²) in [6, 6.07) is 37.8. The first-order chi connectivity index (χ1) is 21.3. The van der Waals surface area contributed by atoms with E-state index in [4.69, 9.17) is 18.9 Å². The normalized spacial score (nSPS) is 24.3. The monoisotopic (exact) mass is 592 g/mol. The van der Waals surface area contributed by atoms with Gasteiger partial charge in [-0.3, -0.25) is 9.59 Å². The quantitative estimate of drug-likeness (QED) is 0.289. The first kappa shape index (κ1) is 29.8. The second-order valence-electron chi connectivity index (χ2n) is 11.7. The zero-order valence-electron chi connectivity index (χ0n) is 24.8. The highest BCUT2D eigenvalue weighted by atomic mass is 16.8. The van der Waals surface area contributed by atoms with E-state index in [2.05, 4.69) is 0 Å². The second-order valence-corrected chi connectivity index (χ2v) is 11.7. The molecule has 2 aliphatic heterocycles. The molecule has 226 valence electrons. The Morgan fingerprint density at radius 1 is 0.614 bits per heavy atom. The zero-order valence-corrected chi connectivity index (χ0v) is 24.8. The Bertz CT molecular complexity index is 1490. The molecule has 0 aliphatic carbocycles. The lowest BCUT2D eigenvalue weighted by molar-refractivity contribution is -0.192. The average Bonchev–Trinajstić information content (AvgIpc) is 3.39. The summed E-state index contributed by atoms with van der Waals surface area (Å²) in [5.74, 6) is -3.34. The van der Waals surface area contributed by atoms with Gasteiger partial charge in [-0.15, -0.1) is 0 Å². The Labute approximate surface area is 257 Å². The van der Waals surface area contributed by atoms with Crippen molar-refractivity contribution in [2.45, 2.75) is 55.9 Å². The van der Waals surface area contributed by atoms with Crippen LogP contribution in [-0.2, 0) is 39.7 Å². The molecule has 6 rings (SSSR count). The van der Waals surface area contributed by atoms with Crippen molar-refractivity contribution >= 4 is 11.9 Å². The molecule has 1 N–H and O–H groups in total. The number of aliphatic hydroxyl groups excluding tert-OH is 1. The highest BCUT2D eigenvalue weighted by Gasteiger charge is 2.65. The Kier molecular flexibility index (Phi) is 8.12. The van der Waals surface area contributed by atoms with Gasteiger partial charge in [0.05, 0.1) is 12.5 Å². The number of hydrogen-bond acceptors (Lipinski definition) is 7. The van der Waals surface area contributed by atoms with E-state index >= 15 is 0 Å². The molecular formula is C37H36O7. The van der Waals surface area contributed by atoms with Gasteiger partial charge < -0.3 is 24.1 Å². The molecule has 4 aromatic carbocycles. The molecule has 0 saturated carbocycles. The summed E-state index contributed by atoms with van der Waals surface area (Å²) in [4.78, 5) is 27.9. The third kappa shape index (κ3) is 5.21. The summed E-state index contributed by atoms with van der Waals surface area (Å²) in [5, 5.41) is 10.3. The summed E-state index contributed by atoms with van der Waals surface area (Å²) in [6.07, 6.45) is -2.12. The van der Waals surface area contributed by atoms with E-state index in [0.29, 0.717) is 22.3 Å². The molecule has 7 heteroatoms. The third-order valence-corrected chi connectivity index (χ3v) is 8.50. The van der Waals surface area contributed by atoms with E-state index in [1.165, 1.54) is 0 Å². The second kappa shape index (κ2) is 12.0. The number of fused-ring (bicyclic) bond motifs is 1. The van der Waals surface area contributed by atoms with Crippen LogP contribution in [0.2, 0.25) is 0 Å². The molecule has 7 nitrogen and oxygen atoms in total. The molecule has 2 saturated heterocycles. The Morgan fingerprint density at radius 3 is 1.34 bits per heavy atom. The van der Waals surface area contributed by atoms with Crippen LogP contribution < -0.4 is 0 Å². The SMILES string of the molecule is CC1(C)O[C@@H]2[C@@H](O1)C(c1ccccc1)(c1ccccc1)OC(=O)[C@@H](CO)CCC(=O)OC2(c1ccccc1)c1ccccc1. The van der Waals surface area contributed by atoms with E-state index < -0.39 is 53.7 Å². The maximum atomic E-state index is 14.1. The fourth-order valence-electron chi connectivity index (χ4n) is 6.49. The number of ether oxygens (including phenoxy) is 4. The van der Waals surface area contributed by atoms with Gasteiger partial charge in [0.15, 0.2) is 17.0 Å². The van der Waals surface area contributed by atoms with Gasteiger partial charge in [-0.05, 0) is 20.3 Å². The standard InChI is InChI=1S/C37H36O7/c1-35(2)42-32-33(43-35)37(29-19-11-5-12-20-29,30-21-13-6-14-22-30)44-34(40)26(25-38)23-24-31(39)41-36(32,27-15-7-3-8-16-27)28-17-9-4-10-18-28/h3-22,26,32-33,38H,23-25H2,1-2H3/t26-,32-,33-/m1/s1. The van der Waals surface area contributed by atoms with E-state index in [9.17, 15) is 14.7 Å². The molecule has 44 heavy (non-hydrogen) atoms. The third-order valence-electron chi connectivity index (χ3n) is 8.50. The molecule has 4 aromatic rings. The predicted octanol–water partition coefficient (Wildman–Crippen LogP) is 5.88. The molecular weight excluding hydrogens is 556 g/mol. The first-order valence-electron chi connectivity index (χ1n) is 14.9. The van der Waals surface area contributed by atoms with Crippen LogP contribution in [0, 0.1) is 5.92 Å². The smallest absolute Gasteiger partial charge is 0.312 e. The van der Waals surface area contributed by atoms with E-state index in [1.54, 1.807) is 13.8 Å². The van der Waals surface area contributed by atoms with Gasteiger partial charge >= 0.3 is 11.9 Å². The van der Waals surface area contributed by atoms with Gasteiger partial charge in [-0.1, -0.05) is 121 Å². The maximum absolute atomic E-state index is 14.1. The van der Waals surface area contributed by atoms with Gasteiger partial charge in [0.2, 0.25) is 0 Å². The number of carbonyl (C=O) groups excluding carboxylic acids is 2. The summed E-state index contributed by atoms with van der Waals surface area (Å²) < 4.78 is 27.0. The van der Waals surface area contributed by atoms with Gasteiger partial charge in [0.25, 0.3) is 0 Å². The van der Waals surface area contributed by atoms with Crippen LogP contribution >= 0.6 is 0 Å². The van der Waals surface area contributed by atoms with Crippen molar-refractivity contribution in [2.24, 2.45) is 5.92 Å². The fourth-order valence-corrected chi connectivity index (χ4v) is 6.49. The number of esters is 2. The van der Waals surface area contributed by atoms with Crippen molar-refractivity contribution in [3.63, 3.8) is 0 Å². The van der Waals surface area contributed by atoms with Crippen molar-refractivity contribution in [3.8, 4) is 0 Å². The van der Waals surface area contributed by atoms with Crippen molar-refractivity contribution < 1.29 is 33.6 Å². The van der Waals surface area contributed by atoms with Gasteiger partial charge in [0.1, 0.15) is 12.2 Å². The van der Waals surface area contributed by atoms with Crippen molar-refractivity contribution in [1.82, 2.24) is 0 Å². The van der Waals surface area contributed by atoms with Crippen molar-refractivity contribution in [2.75, 3.05) is 6.61 Å². The lowest BCUT2D eigenvalue weighted by Gasteiger charge is -2.46.